The highest BCUT2D eigenvalue weighted by atomic mass is 32.2. The van der Waals surface area contributed by atoms with Gasteiger partial charge in [-0.2, -0.15) is 5.26 Å². The highest BCUT2D eigenvalue weighted by Gasteiger charge is 2.43. The average Bonchev–Trinajstić information content (AvgIpc) is 3.67. The van der Waals surface area contributed by atoms with Crippen molar-refractivity contribution in [1.29, 1.82) is 5.26 Å². The summed E-state index contributed by atoms with van der Waals surface area (Å²) in [5.41, 5.74) is 1.24. The van der Waals surface area contributed by atoms with Crippen LogP contribution < -0.4 is 10.1 Å². The van der Waals surface area contributed by atoms with E-state index in [9.17, 15) is 14.9 Å². The zero-order chi connectivity index (χ0) is 24.1. The molecule has 34 heavy (non-hydrogen) atoms. The number of thioether (sulfide) groups is 1. The molecule has 1 saturated carbocycles. The van der Waals surface area contributed by atoms with Crippen molar-refractivity contribution in [2.75, 3.05) is 12.9 Å². The molecule has 0 saturated heterocycles. The highest BCUT2D eigenvalue weighted by Crippen LogP contribution is 2.39. The van der Waals surface area contributed by atoms with Crippen molar-refractivity contribution in [3.05, 3.63) is 71.4 Å². The number of ether oxygens (including phenoxy) is 1. The van der Waals surface area contributed by atoms with Crippen molar-refractivity contribution in [1.82, 2.24) is 10.2 Å². The molecular weight excluding hydrogens is 448 g/mol. The highest BCUT2D eigenvalue weighted by molar-refractivity contribution is 8.14. The fraction of sp³-hybridized carbons (Fsp3) is 0.308. The Labute approximate surface area is 203 Å². The number of carbonyl (C=O) groups is 2. The summed E-state index contributed by atoms with van der Waals surface area (Å²) in [5.74, 6) is 0.528. The van der Waals surface area contributed by atoms with Crippen LogP contribution in [-0.4, -0.2) is 40.3 Å². The van der Waals surface area contributed by atoms with Crippen LogP contribution in [0, 0.1) is 17.2 Å². The summed E-state index contributed by atoms with van der Waals surface area (Å²) in [6, 6.07) is 19.2. The fourth-order valence-electron chi connectivity index (χ4n) is 3.74. The van der Waals surface area contributed by atoms with Crippen LogP contribution in [0.2, 0.25) is 0 Å². The standard InChI is InChI=1S/C26H26N4O3S/c1-26(17-27,20-10-11-20)29-23(31)16-34-25-28-22(14-18-8-12-21(33-2)13-9-18)24(32)30(25)15-19-6-4-3-5-7-19/h3-9,12-14,20H,10-11,15-16H2,1-2H3,(H,29,31)/b22-14-. The van der Waals surface area contributed by atoms with Gasteiger partial charge in [0.2, 0.25) is 5.91 Å². The van der Waals surface area contributed by atoms with Gasteiger partial charge in [0.05, 0.1) is 25.5 Å². The molecule has 0 aromatic heterocycles. The number of carbonyl (C=O) groups excluding carboxylic acids is 2. The van der Waals surface area contributed by atoms with Gasteiger partial charge >= 0.3 is 0 Å². The maximum Gasteiger partial charge on any atom is 0.278 e. The Balaban J connectivity index is 1.52. The zero-order valence-electron chi connectivity index (χ0n) is 19.2. The molecule has 2 aromatic rings. The zero-order valence-corrected chi connectivity index (χ0v) is 20.0. The van der Waals surface area contributed by atoms with E-state index in [-0.39, 0.29) is 23.5 Å². The summed E-state index contributed by atoms with van der Waals surface area (Å²) in [7, 11) is 1.60. The number of benzene rings is 2. The number of amides is 2. The fourth-order valence-corrected chi connectivity index (χ4v) is 4.54. The number of methoxy groups -OCH3 is 1. The molecule has 1 aliphatic carbocycles. The lowest BCUT2D eigenvalue weighted by molar-refractivity contribution is -0.123. The quantitative estimate of drug-likeness (QED) is 0.584. The second kappa shape index (κ2) is 10.1. The Morgan fingerprint density at radius 3 is 2.59 bits per heavy atom. The van der Waals surface area contributed by atoms with Crippen molar-refractivity contribution in [3.63, 3.8) is 0 Å². The number of amidine groups is 1. The molecule has 0 radical (unpaired) electrons. The van der Waals surface area contributed by atoms with Gasteiger partial charge in [-0.1, -0.05) is 54.2 Å². The van der Waals surface area contributed by atoms with E-state index in [1.165, 1.54) is 11.8 Å². The van der Waals surface area contributed by atoms with Crippen molar-refractivity contribution >= 4 is 34.8 Å². The average molecular weight is 475 g/mol. The lowest BCUT2D eigenvalue weighted by atomic mass is 9.98. The van der Waals surface area contributed by atoms with Gasteiger partial charge in [0.15, 0.2) is 5.17 Å². The van der Waals surface area contributed by atoms with E-state index in [0.29, 0.717) is 17.4 Å². The maximum absolute atomic E-state index is 13.2. The third kappa shape index (κ3) is 5.49. The van der Waals surface area contributed by atoms with Crippen molar-refractivity contribution in [2.24, 2.45) is 10.9 Å². The molecule has 1 N–H and O–H groups in total. The monoisotopic (exact) mass is 474 g/mol. The third-order valence-electron chi connectivity index (χ3n) is 5.87. The van der Waals surface area contributed by atoms with E-state index in [1.807, 2.05) is 54.6 Å². The Bertz CT molecular complexity index is 1170. The van der Waals surface area contributed by atoms with Crippen LogP contribution in [0.3, 0.4) is 0 Å². The summed E-state index contributed by atoms with van der Waals surface area (Å²) in [6.07, 6.45) is 3.62. The lowest BCUT2D eigenvalue weighted by Gasteiger charge is -2.23. The minimum atomic E-state index is -0.853. The van der Waals surface area contributed by atoms with E-state index < -0.39 is 5.54 Å². The first kappa shape index (κ1) is 23.6. The van der Waals surface area contributed by atoms with Crippen LogP contribution in [0.15, 0.2) is 65.3 Å². The lowest BCUT2D eigenvalue weighted by Crippen LogP contribution is -2.47. The summed E-state index contributed by atoms with van der Waals surface area (Å²) in [6.45, 7) is 2.12. The molecule has 2 amide bonds. The van der Waals surface area contributed by atoms with Gasteiger partial charge in [-0.25, -0.2) is 4.99 Å². The van der Waals surface area contributed by atoms with Gasteiger partial charge in [-0.05, 0) is 55.0 Å². The predicted octanol–water partition coefficient (Wildman–Crippen LogP) is 3.98. The van der Waals surface area contributed by atoms with Crippen LogP contribution in [0.25, 0.3) is 6.08 Å². The number of aliphatic imine (C=N–C) groups is 1. The summed E-state index contributed by atoms with van der Waals surface area (Å²) in [5, 5.41) is 12.8. The molecule has 4 rings (SSSR count). The second-order valence-electron chi connectivity index (χ2n) is 8.50. The summed E-state index contributed by atoms with van der Waals surface area (Å²) < 4.78 is 5.19. The van der Waals surface area contributed by atoms with Crippen LogP contribution in [0.5, 0.6) is 5.75 Å². The largest absolute Gasteiger partial charge is 0.497 e. The molecule has 1 aliphatic heterocycles. The minimum absolute atomic E-state index is 0.0667. The molecule has 0 spiro atoms. The van der Waals surface area contributed by atoms with Crippen LogP contribution >= 0.6 is 11.8 Å². The Morgan fingerprint density at radius 1 is 1.26 bits per heavy atom. The van der Waals surface area contributed by atoms with E-state index in [0.717, 1.165) is 29.7 Å². The van der Waals surface area contributed by atoms with E-state index in [1.54, 1.807) is 25.0 Å². The first-order chi connectivity index (χ1) is 16.4. The van der Waals surface area contributed by atoms with Crippen molar-refractivity contribution in [3.8, 4) is 11.8 Å². The molecule has 1 heterocycles. The molecular formula is C26H26N4O3S. The molecule has 2 aliphatic rings. The molecule has 1 atom stereocenters. The number of hydrogen-bond donors (Lipinski definition) is 1. The molecule has 174 valence electrons. The molecule has 1 fully saturated rings. The van der Waals surface area contributed by atoms with Gasteiger partial charge in [-0.3, -0.25) is 14.5 Å². The van der Waals surface area contributed by atoms with Gasteiger partial charge in [-0.15, -0.1) is 0 Å². The van der Waals surface area contributed by atoms with Gasteiger partial charge in [0.25, 0.3) is 5.91 Å². The normalized spacial score (nSPS) is 18.3. The SMILES string of the molecule is COc1ccc(/C=C2\N=C(SCC(=O)NC(C)(C#N)C3CC3)N(Cc3ccccc3)C2=O)cc1. The van der Waals surface area contributed by atoms with E-state index in [2.05, 4.69) is 16.4 Å². The summed E-state index contributed by atoms with van der Waals surface area (Å²) >= 11 is 1.20. The number of nitriles is 1. The van der Waals surface area contributed by atoms with Crippen molar-refractivity contribution in [2.45, 2.75) is 31.8 Å². The summed E-state index contributed by atoms with van der Waals surface area (Å²) in [4.78, 5) is 32.0. The van der Waals surface area contributed by atoms with Gasteiger partial charge in [0, 0.05) is 0 Å². The van der Waals surface area contributed by atoms with Crippen LogP contribution in [-0.2, 0) is 16.1 Å². The topological polar surface area (TPSA) is 94.8 Å². The second-order valence-corrected chi connectivity index (χ2v) is 9.44. The number of rotatable bonds is 8. The first-order valence-electron chi connectivity index (χ1n) is 11.1. The smallest absolute Gasteiger partial charge is 0.278 e. The number of hydrogen-bond acceptors (Lipinski definition) is 6. The molecule has 7 nitrogen and oxygen atoms in total. The van der Waals surface area contributed by atoms with Gasteiger partial charge < -0.3 is 10.1 Å². The molecule has 1 unspecified atom stereocenters. The Hall–Kier alpha value is -3.57. The van der Waals surface area contributed by atoms with E-state index >= 15 is 0 Å². The van der Waals surface area contributed by atoms with Gasteiger partial charge in [0.1, 0.15) is 17.0 Å². The third-order valence-corrected chi connectivity index (χ3v) is 6.85. The number of nitrogens with one attached hydrogen (secondary N) is 1. The first-order valence-corrected chi connectivity index (χ1v) is 12.1. The maximum atomic E-state index is 13.2. The molecule has 0 bridgehead atoms. The van der Waals surface area contributed by atoms with E-state index in [4.69, 9.17) is 4.74 Å². The predicted molar refractivity (Wildman–Crippen MR) is 133 cm³/mol. The molecule has 2 aromatic carbocycles. The molecule has 8 heteroatoms. The minimum Gasteiger partial charge on any atom is -0.497 e. The van der Waals surface area contributed by atoms with Crippen LogP contribution in [0.4, 0.5) is 0 Å². The Kier molecular flexibility index (Phi) is 7.03. The number of nitrogens with zero attached hydrogens (tertiary/aromatic N) is 3. The Morgan fingerprint density at radius 2 is 1.97 bits per heavy atom. The van der Waals surface area contributed by atoms with Crippen molar-refractivity contribution < 1.29 is 14.3 Å². The van der Waals surface area contributed by atoms with Crippen LogP contribution in [0.1, 0.15) is 30.9 Å².